The molecule has 0 aliphatic rings. The summed E-state index contributed by atoms with van der Waals surface area (Å²) in [6.45, 7) is 1.87. The van der Waals surface area contributed by atoms with Crippen LogP contribution in [-0.4, -0.2) is 24.6 Å². The first-order chi connectivity index (χ1) is 14.5. The topological polar surface area (TPSA) is 79.8 Å². The maximum absolute atomic E-state index is 12.0. The molecule has 3 aromatic carbocycles. The standard InChI is InChI=1S/C23H20BrN3O3/c1-16-5-11-20(12-6-16)26-22(28)15-30-21-4-2-3-17(13-21)14-25-27-23(29)18-7-9-19(24)10-8-18/h2-14H,15H2,1H3,(H,26,28)(H,27,29)/b25-14+. The molecule has 0 saturated carbocycles. The van der Waals surface area contributed by atoms with Crippen molar-refractivity contribution >= 4 is 39.6 Å². The van der Waals surface area contributed by atoms with Crippen molar-refractivity contribution in [3.8, 4) is 5.75 Å². The van der Waals surface area contributed by atoms with Gasteiger partial charge in [0.25, 0.3) is 11.8 Å². The van der Waals surface area contributed by atoms with Gasteiger partial charge in [-0.1, -0.05) is 45.8 Å². The molecule has 6 nitrogen and oxygen atoms in total. The average Bonchev–Trinajstić information content (AvgIpc) is 2.75. The third-order valence-corrected chi connectivity index (χ3v) is 4.58. The van der Waals surface area contributed by atoms with Gasteiger partial charge in [-0.05, 0) is 61.0 Å². The van der Waals surface area contributed by atoms with Crippen LogP contribution in [-0.2, 0) is 4.79 Å². The van der Waals surface area contributed by atoms with E-state index in [0.717, 1.165) is 21.3 Å². The normalized spacial score (nSPS) is 10.6. The summed E-state index contributed by atoms with van der Waals surface area (Å²) in [5.74, 6) is -0.0316. The van der Waals surface area contributed by atoms with Crippen LogP contribution in [0.3, 0.4) is 0 Å². The predicted octanol–water partition coefficient (Wildman–Crippen LogP) is 4.54. The highest BCUT2D eigenvalue weighted by Crippen LogP contribution is 2.13. The molecule has 7 heteroatoms. The van der Waals surface area contributed by atoms with Gasteiger partial charge in [0.1, 0.15) is 5.75 Å². The summed E-state index contributed by atoms with van der Waals surface area (Å²) in [4.78, 5) is 24.1. The quantitative estimate of drug-likeness (QED) is 0.397. The minimum Gasteiger partial charge on any atom is -0.484 e. The Morgan fingerprint density at radius 3 is 2.50 bits per heavy atom. The van der Waals surface area contributed by atoms with E-state index in [1.54, 1.807) is 42.5 Å². The molecule has 0 unspecified atom stereocenters. The first-order valence-corrected chi connectivity index (χ1v) is 9.97. The number of amides is 2. The van der Waals surface area contributed by atoms with Gasteiger partial charge in [0, 0.05) is 15.7 Å². The van der Waals surface area contributed by atoms with Crippen LogP contribution in [0.4, 0.5) is 5.69 Å². The maximum atomic E-state index is 12.0. The first kappa shape index (κ1) is 21.3. The molecule has 2 N–H and O–H groups in total. The molecule has 0 saturated heterocycles. The van der Waals surface area contributed by atoms with E-state index in [2.05, 4.69) is 31.8 Å². The van der Waals surface area contributed by atoms with E-state index in [1.807, 2.05) is 37.3 Å². The smallest absolute Gasteiger partial charge is 0.271 e. The van der Waals surface area contributed by atoms with E-state index in [9.17, 15) is 9.59 Å². The Balaban J connectivity index is 1.50. The number of hydrogen-bond acceptors (Lipinski definition) is 4. The third kappa shape index (κ3) is 6.56. The molecular weight excluding hydrogens is 446 g/mol. The first-order valence-electron chi connectivity index (χ1n) is 9.18. The van der Waals surface area contributed by atoms with Gasteiger partial charge in [-0.25, -0.2) is 5.43 Å². The molecule has 3 rings (SSSR count). The predicted molar refractivity (Wildman–Crippen MR) is 121 cm³/mol. The Bertz CT molecular complexity index is 1050. The van der Waals surface area contributed by atoms with Gasteiger partial charge in [0.2, 0.25) is 0 Å². The van der Waals surface area contributed by atoms with E-state index >= 15 is 0 Å². The highest BCUT2D eigenvalue weighted by atomic mass is 79.9. The maximum Gasteiger partial charge on any atom is 0.271 e. The number of halogens is 1. The van der Waals surface area contributed by atoms with Crippen molar-refractivity contribution in [2.45, 2.75) is 6.92 Å². The van der Waals surface area contributed by atoms with Crippen molar-refractivity contribution in [3.63, 3.8) is 0 Å². The summed E-state index contributed by atoms with van der Waals surface area (Å²) < 4.78 is 6.44. The molecule has 0 fully saturated rings. The molecule has 3 aromatic rings. The number of nitrogens with zero attached hydrogens (tertiary/aromatic N) is 1. The van der Waals surface area contributed by atoms with Gasteiger partial charge in [-0.15, -0.1) is 0 Å². The Kier molecular flexibility index (Phi) is 7.34. The van der Waals surface area contributed by atoms with Crippen LogP contribution in [0.15, 0.2) is 82.4 Å². The molecule has 2 amide bonds. The summed E-state index contributed by atoms with van der Waals surface area (Å²) >= 11 is 3.33. The monoisotopic (exact) mass is 465 g/mol. The second kappa shape index (κ2) is 10.4. The lowest BCUT2D eigenvalue weighted by Gasteiger charge is -2.08. The number of hydrogen-bond donors (Lipinski definition) is 2. The summed E-state index contributed by atoms with van der Waals surface area (Å²) in [6.07, 6.45) is 1.51. The molecule has 0 bridgehead atoms. The van der Waals surface area contributed by atoms with Crippen LogP contribution in [0.2, 0.25) is 0 Å². The van der Waals surface area contributed by atoms with E-state index in [0.29, 0.717) is 11.3 Å². The Hall–Kier alpha value is -3.45. The fourth-order valence-corrected chi connectivity index (χ4v) is 2.76. The van der Waals surface area contributed by atoms with Gasteiger partial charge in [0.15, 0.2) is 6.61 Å². The number of hydrazone groups is 1. The second-order valence-electron chi connectivity index (χ2n) is 6.48. The minimum absolute atomic E-state index is 0.116. The van der Waals surface area contributed by atoms with Gasteiger partial charge in [-0.2, -0.15) is 5.10 Å². The number of carbonyl (C=O) groups is 2. The number of nitrogens with one attached hydrogen (secondary N) is 2. The van der Waals surface area contributed by atoms with Crippen molar-refractivity contribution in [1.29, 1.82) is 0 Å². The van der Waals surface area contributed by atoms with Crippen molar-refractivity contribution in [2.75, 3.05) is 11.9 Å². The van der Waals surface area contributed by atoms with E-state index in [-0.39, 0.29) is 18.4 Å². The summed E-state index contributed by atoms with van der Waals surface area (Å²) in [7, 11) is 0. The number of carbonyl (C=O) groups excluding carboxylic acids is 2. The lowest BCUT2D eigenvalue weighted by atomic mass is 10.2. The molecule has 0 aromatic heterocycles. The number of aryl methyl sites for hydroxylation is 1. The minimum atomic E-state index is -0.307. The van der Waals surface area contributed by atoms with Crippen molar-refractivity contribution < 1.29 is 14.3 Å². The van der Waals surface area contributed by atoms with Crippen LogP contribution in [0.1, 0.15) is 21.5 Å². The van der Waals surface area contributed by atoms with Crippen LogP contribution in [0, 0.1) is 6.92 Å². The van der Waals surface area contributed by atoms with Gasteiger partial charge >= 0.3 is 0 Å². The number of anilines is 1. The molecule has 0 aliphatic heterocycles. The lowest BCUT2D eigenvalue weighted by molar-refractivity contribution is -0.118. The number of ether oxygens (including phenoxy) is 1. The Morgan fingerprint density at radius 2 is 1.77 bits per heavy atom. The molecule has 0 radical (unpaired) electrons. The highest BCUT2D eigenvalue weighted by Gasteiger charge is 2.05. The third-order valence-electron chi connectivity index (χ3n) is 4.05. The van der Waals surface area contributed by atoms with Gasteiger partial charge < -0.3 is 10.1 Å². The number of benzene rings is 3. The zero-order valence-corrected chi connectivity index (χ0v) is 17.8. The van der Waals surface area contributed by atoms with Crippen molar-refractivity contribution in [2.24, 2.45) is 5.10 Å². The molecule has 0 heterocycles. The SMILES string of the molecule is Cc1ccc(NC(=O)COc2cccc(/C=N/NC(=O)c3ccc(Br)cc3)c2)cc1. The highest BCUT2D eigenvalue weighted by molar-refractivity contribution is 9.10. The number of rotatable bonds is 7. The summed E-state index contributed by atoms with van der Waals surface area (Å²) in [5, 5.41) is 6.75. The molecule has 30 heavy (non-hydrogen) atoms. The van der Waals surface area contributed by atoms with Crippen LogP contribution >= 0.6 is 15.9 Å². The van der Waals surface area contributed by atoms with E-state index in [1.165, 1.54) is 6.21 Å². The average molecular weight is 466 g/mol. The van der Waals surface area contributed by atoms with Crippen LogP contribution in [0.5, 0.6) is 5.75 Å². The van der Waals surface area contributed by atoms with Crippen LogP contribution < -0.4 is 15.5 Å². The second-order valence-corrected chi connectivity index (χ2v) is 7.40. The van der Waals surface area contributed by atoms with E-state index < -0.39 is 0 Å². The van der Waals surface area contributed by atoms with E-state index in [4.69, 9.17) is 4.74 Å². The van der Waals surface area contributed by atoms with Gasteiger partial charge in [0.05, 0.1) is 6.21 Å². The Labute approximate surface area is 183 Å². The Morgan fingerprint density at radius 1 is 1.03 bits per heavy atom. The van der Waals surface area contributed by atoms with Crippen molar-refractivity contribution in [1.82, 2.24) is 5.43 Å². The summed E-state index contributed by atoms with van der Waals surface area (Å²) in [6, 6.07) is 21.6. The zero-order valence-electron chi connectivity index (χ0n) is 16.3. The molecular formula is C23H20BrN3O3. The fourth-order valence-electron chi connectivity index (χ4n) is 2.50. The molecule has 0 atom stereocenters. The van der Waals surface area contributed by atoms with Gasteiger partial charge in [-0.3, -0.25) is 9.59 Å². The largest absolute Gasteiger partial charge is 0.484 e. The molecule has 0 spiro atoms. The fraction of sp³-hybridized carbons (Fsp3) is 0.0870. The molecule has 0 aliphatic carbocycles. The molecule has 152 valence electrons. The van der Waals surface area contributed by atoms with Crippen molar-refractivity contribution in [3.05, 3.63) is 94.0 Å². The lowest BCUT2D eigenvalue weighted by Crippen LogP contribution is -2.20. The zero-order chi connectivity index (χ0) is 21.3. The summed E-state index contributed by atoms with van der Waals surface area (Å²) in [5.41, 5.74) is 5.55. The van der Waals surface area contributed by atoms with Crippen LogP contribution in [0.25, 0.3) is 0 Å².